The van der Waals surface area contributed by atoms with E-state index in [0.717, 1.165) is 28.1 Å². The maximum Gasteiger partial charge on any atom is 0.175 e. The van der Waals surface area contributed by atoms with Gasteiger partial charge in [0, 0.05) is 17.6 Å². The van der Waals surface area contributed by atoms with Crippen molar-refractivity contribution in [2.24, 2.45) is 7.05 Å². The summed E-state index contributed by atoms with van der Waals surface area (Å²) >= 11 is 5.91. The smallest absolute Gasteiger partial charge is 0.175 e. The third kappa shape index (κ3) is 1.51. The van der Waals surface area contributed by atoms with Crippen molar-refractivity contribution < 1.29 is 0 Å². The topological polar surface area (TPSA) is 60.9 Å². The number of hydrogen-bond donors (Lipinski definition) is 0. The second-order valence-electron chi connectivity index (χ2n) is 4.47. The van der Waals surface area contributed by atoms with Crippen LogP contribution in [-0.2, 0) is 7.05 Å². The summed E-state index contributed by atoms with van der Waals surface area (Å²) < 4.78 is 3.57. The van der Waals surface area contributed by atoms with E-state index in [1.807, 2.05) is 35.7 Å². The lowest BCUT2D eigenvalue weighted by Crippen LogP contribution is -1.95. The van der Waals surface area contributed by atoms with E-state index in [1.54, 1.807) is 17.2 Å². The van der Waals surface area contributed by atoms with E-state index in [-0.39, 0.29) is 0 Å². The molecule has 0 fully saturated rings. The quantitative estimate of drug-likeness (QED) is 0.538. The van der Waals surface area contributed by atoms with Gasteiger partial charge in [0.25, 0.3) is 0 Å². The minimum Gasteiger partial charge on any atom is -0.265 e. The first-order valence-electron chi connectivity index (χ1n) is 6.01. The van der Waals surface area contributed by atoms with Gasteiger partial charge in [0.15, 0.2) is 17.1 Å². The number of nitrogens with zero attached hydrogens (tertiary/aromatic N) is 6. The molecule has 7 heteroatoms. The predicted molar refractivity (Wildman–Crippen MR) is 75.5 cm³/mol. The number of halogens is 1. The number of rotatable bonds is 1. The SMILES string of the molecule is Cn1ncc2c1ncn1c(-c3ccc(Cl)cc3)nnc21. The molecule has 0 unspecified atom stereocenters. The fraction of sp³-hybridized carbons (Fsp3) is 0.0769. The standard InChI is InChI=1S/C13H9ClN6/c1-19-12-10(6-16-19)13-18-17-11(20(13)7-15-12)8-2-4-9(14)5-3-8/h2-7H,1H3. The molecule has 3 aromatic heterocycles. The van der Waals surface area contributed by atoms with Crippen molar-refractivity contribution in [3.63, 3.8) is 0 Å². The lowest BCUT2D eigenvalue weighted by molar-refractivity contribution is 0.785. The minimum absolute atomic E-state index is 0.690. The first kappa shape index (κ1) is 11.4. The van der Waals surface area contributed by atoms with Crippen LogP contribution in [0, 0.1) is 0 Å². The Kier molecular flexibility index (Phi) is 2.28. The molecule has 0 aliphatic heterocycles. The van der Waals surface area contributed by atoms with E-state index < -0.39 is 0 Å². The highest BCUT2D eigenvalue weighted by atomic mass is 35.5. The Morgan fingerprint density at radius 1 is 1.05 bits per heavy atom. The van der Waals surface area contributed by atoms with E-state index in [4.69, 9.17) is 11.6 Å². The van der Waals surface area contributed by atoms with E-state index in [1.165, 1.54) is 0 Å². The number of aryl methyl sites for hydroxylation is 1. The molecule has 0 N–H and O–H groups in total. The van der Waals surface area contributed by atoms with Gasteiger partial charge in [-0.05, 0) is 24.3 Å². The molecule has 0 aliphatic rings. The van der Waals surface area contributed by atoms with E-state index in [9.17, 15) is 0 Å². The summed E-state index contributed by atoms with van der Waals surface area (Å²) in [5.41, 5.74) is 2.47. The lowest BCUT2D eigenvalue weighted by Gasteiger charge is -2.00. The molecule has 3 heterocycles. The Morgan fingerprint density at radius 3 is 2.65 bits per heavy atom. The molecule has 98 valence electrons. The molecule has 4 aromatic rings. The molecule has 20 heavy (non-hydrogen) atoms. The number of fused-ring (bicyclic) bond motifs is 3. The van der Waals surface area contributed by atoms with Crippen LogP contribution in [0.15, 0.2) is 36.8 Å². The van der Waals surface area contributed by atoms with Crippen LogP contribution in [0.25, 0.3) is 28.1 Å². The Labute approximate surface area is 118 Å². The highest BCUT2D eigenvalue weighted by Crippen LogP contribution is 2.23. The van der Waals surface area contributed by atoms with Gasteiger partial charge in [0.2, 0.25) is 0 Å². The van der Waals surface area contributed by atoms with Crippen LogP contribution < -0.4 is 0 Å². The summed E-state index contributed by atoms with van der Waals surface area (Å²) in [7, 11) is 1.85. The molecule has 6 nitrogen and oxygen atoms in total. The van der Waals surface area contributed by atoms with Gasteiger partial charge in [-0.1, -0.05) is 11.6 Å². The molecule has 0 saturated carbocycles. The second kappa shape index (κ2) is 4.01. The van der Waals surface area contributed by atoms with Crippen molar-refractivity contribution >= 4 is 28.3 Å². The van der Waals surface area contributed by atoms with Gasteiger partial charge in [0.05, 0.1) is 11.6 Å². The third-order valence-corrected chi connectivity index (χ3v) is 3.49. The van der Waals surface area contributed by atoms with E-state index >= 15 is 0 Å². The molecule has 0 radical (unpaired) electrons. The van der Waals surface area contributed by atoms with Crippen LogP contribution in [0.4, 0.5) is 0 Å². The first-order chi connectivity index (χ1) is 9.74. The molecule has 0 bridgehead atoms. The van der Waals surface area contributed by atoms with Gasteiger partial charge in [-0.15, -0.1) is 10.2 Å². The van der Waals surface area contributed by atoms with Gasteiger partial charge in [-0.25, -0.2) is 4.98 Å². The second-order valence-corrected chi connectivity index (χ2v) is 4.91. The van der Waals surface area contributed by atoms with Crippen LogP contribution in [0.3, 0.4) is 0 Å². The monoisotopic (exact) mass is 284 g/mol. The summed E-state index contributed by atoms with van der Waals surface area (Å²) in [6.07, 6.45) is 3.46. The summed E-state index contributed by atoms with van der Waals surface area (Å²) in [5, 5.41) is 14.3. The van der Waals surface area contributed by atoms with E-state index in [0.29, 0.717) is 5.02 Å². The zero-order valence-electron chi connectivity index (χ0n) is 10.5. The van der Waals surface area contributed by atoms with Crippen molar-refractivity contribution in [2.75, 3.05) is 0 Å². The van der Waals surface area contributed by atoms with Gasteiger partial charge in [-0.2, -0.15) is 5.10 Å². The van der Waals surface area contributed by atoms with Gasteiger partial charge in [-0.3, -0.25) is 9.08 Å². The first-order valence-corrected chi connectivity index (χ1v) is 6.39. The molecule has 0 spiro atoms. The largest absolute Gasteiger partial charge is 0.265 e. The van der Waals surface area contributed by atoms with Crippen molar-refractivity contribution in [1.29, 1.82) is 0 Å². The maximum atomic E-state index is 5.91. The fourth-order valence-electron chi connectivity index (χ4n) is 2.23. The molecule has 0 aliphatic carbocycles. The molecule has 1 aromatic carbocycles. The fourth-order valence-corrected chi connectivity index (χ4v) is 2.36. The van der Waals surface area contributed by atoms with Crippen molar-refractivity contribution in [3.8, 4) is 11.4 Å². The maximum absolute atomic E-state index is 5.91. The predicted octanol–water partition coefficient (Wildman–Crippen LogP) is 2.33. The van der Waals surface area contributed by atoms with Gasteiger partial charge in [0.1, 0.15) is 6.33 Å². The number of hydrogen-bond acceptors (Lipinski definition) is 4. The van der Waals surface area contributed by atoms with Crippen molar-refractivity contribution in [2.45, 2.75) is 0 Å². The normalized spacial score (nSPS) is 11.5. The Balaban J connectivity index is 2.02. The highest BCUT2D eigenvalue weighted by Gasteiger charge is 2.13. The summed E-state index contributed by atoms with van der Waals surface area (Å²) in [6, 6.07) is 7.47. The Bertz CT molecular complexity index is 921. The van der Waals surface area contributed by atoms with Crippen molar-refractivity contribution in [1.82, 2.24) is 29.4 Å². The van der Waals surface area contributed by atoms with Crippen LogP contribution in [-0.4, -0.2) is 29.4 Å². The molecule has 0 atom stereocenters. The Hall–Kier alpha value is -2.47. The average molecular weight is 285 g/mol. The molecular weight excluding hydrogens is 276 g/mol. The van der Waals surface area contributed by atoms with Crippen LogP contribution in [0.2, 0.25) is 5.02 Å². The highest BCUT2D eigenvalue weighted by molar-refractivity contribution is 6.30. The third-order valence-electron chi connectivity index (χ3n) is 3.24. The molecule has 0 amide bonds. The lowest BCUT2D eigenvalue weighted by atomic mass is 10.2. The summed E-state index contributed by atoms with van der Waals surface area (Å²) in [4.78, 5) is 4.40. The average Bonchev–Trinajstić information content (AvgIpc) is 3.04. The molecule has 4 rings (SSSR count). The van der Waals surface area contributed by atoms with Crippen LogP contribution >= 0.6 is 11.6 Å². The summed E-state index contributed by atoms with van der Waals surface area (Å²) in [5.74, 6) is 0.731. The zero-order valence-corrected chi connectivity index (χ0v) is 11.3. The zero-order chi connectivity index (χ0) is 13.7. The molecular formula is C13H9ClN6. The number of aromatic nitrogens is 6. The molecule has 0 saturated heterocycles. The van der Waals surface area contributed by atoms with Crippen molar-refractivity contribution in [3.05, 3.63) is 41.8 Å². The van der Waals surface area contributed by atoms with Gasteiger partial charge >= 0.3 is 0 Å². The van der Waals surface area contributed by atoms with Gasteiger partial charge < -0.3 is 0 Å². The number of benzene rings is 1. The Morgan fingerprint density at radius 2 is 1.85 bits per heavy atom. The minimum atomic E-state index is 0.690. The van der Waals surface area contributed by atoms with Crippen LogP contribution in [0.1, 0.15) is 0 Å². The van der Waals surface area contributed by atoms with E-state index in [2.05, 4.69) is 20.3 Å². The van der Waals surface area contributed by atoms with Crippen LogP contribution in [0.5, 0.6) is 0 Å². The summed E-state index contributed by atoms with van der Waals surface area (Å²) in [6.45, 7) is 0.